The quantitative estimate of drug-likeness (QED) is 0.746. The van der Waals surface area contributed by atoms with Crippen molar-refractivity contribution in [3.63, 3.8) is 0 Å². The summed E-state index contributed by atoms with van der Waals surface area (Å²) in [5.74, 6) is 0.904. The summed E-state index contributed by atoms with van der Waals surface area (Å²) < 4.78 is 45.0. The average molecular weight is 434 g/mol. The third-order valence-corrected chi connectivity index (χ3v) is 6.79. The van der Waals surface area contributed by atoms with Crippen LogP contribution in [-0.4, -0.2) is 64.9 Å². The number of rotatable bonds is 6. The maximum Gasteiger partial charge on any atom is 0.262 e. The molecular weight excluding hydrogens is 406 g/mol. The van der Waals surface area contributed by atoms with Crippen molar-refractivity contribution in [1.82, 2.24) is 9.88 Å². The van der Waals surface area contributed by atoms with Gasteiger partial charge >= 0.3 is 0 Å². The Morgan fingerprint density at radius 1 is 1.20 bits per heavy atom. The van der Waals surface area contributed by atoms with Crippen LogP contribution < -0.4 is 14.2 Å². The van der Waals surface area contributed by atoms with Crippen LogP contribution in [0, 0.1) is 0 Å². The number of benzene rings is 1. The summed E-state index contributed by atoms with van der Waals surface area (Å²) in [4.78, 5) is 6.95. The molecule has 1 aromatic carbocycles. The highest BCUT2D eigenvalue weighted by Gasteiger charge is 2.22. The molecule has 4 rings (SSSR count). The van der Waals surface area contributed by atoms with Gasteiger partial charge in [-0.25, -0.2) is 13.4 Å². The summed E-state index contributed by atoms with van der Waals surface area (Å²) >= 11 is 0. The smallest absolute Gasteiger partial charge is 0.262 e. The molecule has 1 saturated heterocycles. The van der Waals surface area contributed by atoms with Gasteiger partial charge in [0, 0.05) is 31.6 Å². The van der Waals surface area contributed by atoms with Crippen LogP contribution in [-0.2, 0) is 27.6 Å². The number of pyridine rings is 1. The molecule has 8 nitrogen and oxygen atoms in total. The number of sulfonamides is 1. The summed E-state index contributed by atoms with van der Waals surface area (Å²) in [6.07, 6.45) is 2.47. The first kappa shape index (κ1) is 20.9. The molecule has 1 fully saturated rings. The number of hydrogen-bond acceptors (Lipinski definition) is 7. The second-order valence-corrected chi connectivity index (χ2v) is 9.32. The molecule has 30 heavy (non-hydrogen) atoms. The molecule has 2 aromatic rings. The fraction of sp³-hybridized carbons (Fsp3) is 0.476. The molecule has 9 heteroatoms. The van der Waals surface area contributed by atoms with E-state index in [0.29, 0.717) is 24.7 Å². The second-order valence-electron chi connectivity index (χ2n) is 7.63. The van der Waals surface area contributed by atoms with Crippen molar-refractivity contribution in [2.45, 2.75) is 30.3 Å². The van der Waals surface area contributed by atoms with Gasteiger partial charge in [-0.05, 0) is 49.4 Å². The molecule has 1 atom stereocenters. The number of nitrogens with one attached hydrogen (secondary N) is 1. The molecule has 0 amide bonds. The van der Waals surface area contributed by atoms with Gasteiger partial charge in [0.05, 0.1) is 25.2 Å². The topological polar surface area (TPSA) is 90.0 Å². The number of anilines is 1. The van der Waals surface area contributed by atoms with E-state index in [2.05, 4.69) is 21.7 Å². The van der Waals surface area contributed by atoms with Gasteiger partial charge in [-0.1, -0.05) is 0 Å². The lowest BCUT2D eigenvalue weighted by Crippen LogP contribution is -2.20. The Bertz CT molecular complexity index is 988. The molecule has 0 spiro atoms. The monoisotopic (exact) mass is 433 g/mol. The van der Waals surface area contributed by atoms with Gasteiger partial charge in [0.1, 0.15) is 17.5 Å². The number of hydrogen-bond donors (Lipinski definition) is 1. The minimum absolute atomic E-state index is 0.0135. The number of ether oxygens (including phenoxy) is 3. The van der Waals surface area contributed by atoms with Crippen LogP contribution in [0.3, 0.4) is 0 Å². The Hall–Kier alpha value is -2.36. The Morgan fingerprint density at radius 2 is 1.97 bits per heavy atom. The molecule has 3 heterocycles. The Labute approximate surface area is 177 Å². The maximum atomic E-state index is 13.0. The highest BCUT2D eigenvalue weighted by Crippen LogP contribution is 2.29. The summed E-state index contributed by atoms with van der Waals surface area (Å²) in [6.45, 7) is 3.06. The molecular formula is C21H27N3O5S. The Morgan fingerprint density at radius 3 is 2.67 bits per heavy atom. The average Bonchev–Trinajstić information content (AvgIpc) is 3.17. The van der Waals surface area contributed by atoms with Gasteiger partial charge in [-0.2, -0.15) is 0 Å². The molecule has 0 bridgehead atoms. The van der Waals surface area contributed by atoms with Gasteiger partial charge in [0.2, 0.25) is 5.88 Å². The predicted molar refractivity (Wildman–Crippen MR) is 113 cm³/mol. The van der Waals surface area contributed by atoms with E-state index in [1.807, 2.05) is 6.07 Å². The zero-order valence-electron chi connectivity index (χ0n) is 17.3. The van der Waals surface area contributed by atoms with E-state index < -0.39 is 10.0 Å². The SMILES string of the molecule is COc1nc2c(cc1NS(=O)(=O)c1ccc(OC3CCOC3)cc1)CCN(C)CC2. The third kappa shape index (κ3) is 4.69. The molecule has 1 unspecified atom stereocenters. The van der Waals surface area contributed by atoms with Crippen molar-refractivity contribution in [2.75, 3.05) is 45.2 Å². The first-order valence-corrected chi connectivity index (χ1v) is 11.6. The zero-order chi connectivity index (χ0) is 21.1. The molecule has 0 saturated carbocycles. The van der Waals surface area contributed by atoms with Crippen molar-refractivity contribution in [1.29, 1.82) is 0 Å². The Balaban J connectivity index is 1.54. The summed E-state index contributed by atoms with van der Waals surface area (Å²) in [7, 11) is -0.233. The lowest BCUT2D eigenvalue weighted by molar-refractivity contribution is 0.141. The number of fused-ring (bicyclic) bond motifs is 1. The van der Waals surface area contributed by atoms with E-state index in [0.717, 1.165) is 43.6 Å². The van der Waals surface area contributed by atoms with E-state index >= 15 is 0 Å². The van der Waals surface area contributed by atoms with Crippen LogP contribution >= 0.6 is 0 Å². The van der Waals surface area contributed by atoms with Crippen LogP contribution in [0.5, 0.6) is 11.6 Å². The fourth-order valence-electron chi connectivity index (χ4n) is 3.65. The van der Waals surface area contributed by atoms with Gasteiger partial charge in [0.15, 0.2) is 0 Å². The van der Waals surface area contributed by atoms with Crippen LogP contribution in [0.25, 0.3) is 0 Å². The van der Waals surface area contributed by atoms with Gasteiger partial charge in [0.25, 0.3) is 10.0 Å². The van der Waals surface area contributed by atoms with E-state index in [1.165, 1.54) is 19.2 Å². The first-order chi connectivity index (χ1) is 14.4. The molecule has 1 N–H and O–H groups in total. The highest BCUT2D eigenvalue weighted by atomic mass is 32.2. The van der Waals surface area contributed by atoms with Crippen LogP contribution in [0.4, 0.5) is 5.69 Å². The molecule has 2 aliphatic heterocycles. The summed E-state index contributed by atoms with van der Waals surface area (Å²) in [5.41, 5.74) is 2.35. The van der Waals surface area contributed by atoms with E-state index in [-0.39, 0.29) is 16.9 Å². The minimum atomic E-state index is -3.80. The standard InChI is InChI=1S/C21H27N3O5S/c1-24-10-7-15-13-20(21(27-2)22-19(15)8-11-24)23-30(25,26)18-5-3-16(4-6-18)29-17-9-12-28-14-17/h3-6,13,17,23H,7-12,14H2,1-2H3. The molecule has 1 aromatic heterocycles. The third-order valence-electron chi connectivity index (χ3n) is 5.41. The van der Waals surface area contributed by atoms with Gasteiger partial charge < -0.3 is 19.1 Å². The largest absolute Gasteiger partial charge is 0.488 e. The molecule has 162 valence electrons. The van der Waals surface area contributed by atoms with Crippen molar-refractivity contribution in [2.24, 2.45) is 0 Å². The summed E-state index contributed by atoms with van der Waals surface area (Å²) in [5, 5.41) is 0. The van der Waals surface area contributed by atoms with E-state index in [1.54, 1.807) is 12.1 Å². The van der Waals surface area contributed by atoms with Crippen molar-refractivity contribution >= 4 is 15.7 Å². The zero-order valence-corrected chi connectivity index (χ0v) is 18.1. The lowest BCUT2D eigenvalue weighted by Gasteiger charge is -2.15. The lowest BCUT2D eigenvalue weighted by atomic mass is 10.1. The number of aromatic nitrogens is 1. The van der Waals surface area contributed by atoms with E-state index in [9.17, 15) is 8.42 Å². The highest BCUT2D eigenvalue weighted by molar-refractivity contribution is 7.92. The van der Waals surface area contributed by atoms with Gasteiger partial charge in [-0.15, -0.1) is 0 Å². The summed E-state index contributed by atoms with van der Waals surface area (Å²) in [6, 6.07) is 8.23. The van der Waals surface area contributed by atoms with E-state index in [4.69, 9.17) is 14.2 Å². The number of likely N-dealkylation sites (N-methyl/N-ethyl adjacent to an activating group) is 1. The number of nitrogens with zero attached hydrogens (tertiary/aromatic N) is 2. The number of methoxy groups -OCH3 is 1. The molecule has 2 aliphatic rings. The van der Waals surface area contributed by atoms with Crippen molar-refractivity contribution in [3.05, 3.63) is 41.6 Å². The maximum absolute atomic E-state index is 13.0. The molecule has 0 aliphatic carbocycles. The fourth-order valence-corrected chi connectivity index (χ4v) is 4.70. The molecule has 0 radical (unpaired) electrons. The van der Waals surface area contributed by atoms with Crippen LogP contribution in [0.2, 0.25) is 0 Å². The Kier molecular flexibility index (Phi) is 6.12. The van der Waals surface area contributed by atoms with Crippen molar-refractivity contribution < 1.29 is 22.6 Å². The predicted octanol–water partition coefficient (Wildman–Crippen LogP) is 2.09. The normalized spacial score (nSPS) is 19.7. The minimum Gasteiger partial charge on any atom is -0.488 e. The van der Waals surface area contributed by atoms with Crippen molar-refractivity contribution in [3.8, 4) is 11.6 Å². The van der Waals surface area contributed by atoms with Crippen LogP contribution in [0.1, 0.15) is 17.7 Å². The second kappa shape index (κ2) is 8.79. The first-order valence-electron chi connectivity index (χ1n) is 10.1. The van der Waals surface area contributed by atoms with Gasteiger partial charge in [-0.3, -0.25) is 4.72 Å². The van der Waals surface area contributed by atoms with Crippen LogP contribution in [0.15, 0.2) is 35.2 Å².